The number of thioether (sulfide) groups is 1. The van der Waals surface area contributed by atoms with Crippen LogP contribution in [0.3, 0.4) is 0 Å². The van der Waals surface area contributed by atoms with Crippen LogP contribution in [-0.4, -0.2) is 16.6 Å². The van der Waals surface area contributed by atoms with Gasteiger partial charge in [0.2, 0.25) is 5.91 Å². The minimum atomic E-state index is -0.0801. The molecule has 0 atom stereocenters. The topological polar surface area (TPSA) is 65.8 Å². The Morgan fingerprint density at radius 2 is 2.15 bits per heavy atom. The van der Waals surface area contributed by atoms with Crippen LogP contribution in [-0.2, 0) is 11.2 Å². The molecule has 1 aromatic carbocycles. The van der Waals surface area contributed by atoms with Gasteiger partial charge < -0.3 is 5.32 Å². The molecule has 4 nitrogen and oxygen atoms in total. The summed E-state index contributed by atoms with van der Waals surface area (Å²) in [5, 5.41) is 13.4. The lowest BCUT2D eigenvalue weighted by Crippen LogP contribution is -2.13. The number of benzene rings is 1. The molecule has 6 heteroatoms. The molecular weight excluding hydrogens is 366 g/mol. The molecular formula is C20H22ClN3OS. The van der Waals surface area contributed by atoms with Crippen LogP contribution in [0.15, 0.2) is 35.4 Å². The van der Waals surface area contributed by atoms with E-state index in [1.807, 2.05) is 25.1 Å². The molecule has 0 unspecified atom stereocenters. The van der Waals surface area contributed by atoms with Crippen LogP contribution in [0.4, 0.5) is 5.69 Å². The molecule has 2 rings (SSSR count). The molecule has 1 heterocycles. The quantitative estimate of drug-likeness (QED) is 0.617. The van der Waals surface area contributed by atoms with E-state index in [-0.39, 0.29) is 5.91 Å². The van der Waals surface area contributed by atoms with Crippen molar-refractivity contribution in [1.29, 1.82) is 5.26 Å². The van der Waals surface area contributed by atoms with Crippen LogP contribution < -0.4 is 5.32 Å². The van der Waals surface area contributed by atoms with E-state index in [1.165, 1.54) is 11.8 Å². The number of carbonyl (C=O) groups is 1. The Balaban J connectivity index is 1.93. The van der Waals surface area contributed by atoms with E-state index in [0.29, 0.717) is 27.8 Å². The Morgan fingerprint density at radius 3 is 2.88 bits per heavy atom. The number of nitrogens with one attached hydrogen (secondary N) is 1. The van der Waals surface area contributed by atoms with E-state index in [4.69, 9.17) is 11.6 Å². The van der Waals surface area contributed by atoms with Gasteiger partial charge in [-0.25, -0.2) is 4.98 Å². The first-order valence-corrected chi connectivity index (χ1v) is 9.98. The molecule has 1 N–H and O–H groups in total. The number of nitriles is 1. The smallest absolute Gasteiger partial charge is 0.225 e. The first-order chi connectivity index (χ1) is 12.5. The van der Waals surface area contributed by atoms with Crippen molar-refractivity contribution < 1.29 is 4.79 Å². The van der Waals surface area contributed by atoms with Crippen molar-refractivity contribution in [3.8, 4) is 6.07 Å². The fraction of sp³-hybridized carbons (Fsp3) is 0.350. The van der Waals surface area contributed by atoms with Gasteiger partial charge in [-0.15, -0.1) is 11.8 Å². The predicted molar refractivity (Wildman–Crippen MR) is 108 cm³/mol. The second-order valence-electron chi connectivity index (χ2n) is 5.98. The molecule has 0 saturated carbocycles. The van der Waals surface area contributed by atoms with E-state index in [2.05, 4.69) is 23.3 Å². The Kier molecular flexibility index (Phi) is 7.96. The maximum Gasteiger partial charge on any atom is 0.225 e. The third-order valence-electron chi connectivity index (χ3n) is 3.87. The maximum absolute atomic E-state index is 12.2. The molecule has 0 saturated heterocycles. The van der Waals surface area contributed by atoms with Crippen LogP contribution >= 0.6 is 23.4 Å². The van der Waals surface area contributed by atoms with Crippen LogP contribution in [0.5, 0.6) is 0 Å². The van der Waals surface area contributed by atoms with Crippen molar-refractivity contribution in [2.75, 3.05) is 11.1 Å². The number of aryl methyl sites for hydroxylation is 2. The fourth-order valence-electron chi connectivity index (χ4n) is 2.35. The van der Waals surface area contributed by atoms with Gasteiger partial charge in [0.25, 0.3) is 0 Å². The van der Waals surface area contributed by atoms with Crippen molar-refractivity contribution in [3.63, 3.8) is 0 Å². The number of rotatable bonds is 8. The average molecular weight is 388 g/mol. The van der Waals surface area contributed by atoms with E-state index in [0.717, 1.165) is 36.2 Å². The van der Waals surface area contributed by atoms with Gasteiger partial charge in [-0.1, -0.05) is 31.0 Å². The second-order valence-corrected chi connectivity index (χ2v) is 7.50. The fourth-order valence-corrected chi connectivity index (χ4v) is 3.46. The van der Waals surface area contributed by atoms with Crippen LogP contribution in [0.25, 0.3) is 0 Å². The monoisotopic (exact) mass is 387 g/mol. The standard InChI is InChI=1S/C20H22ClN3OS/c1-3-4-5-17-9-7-15(13-22)20(23-17)26-11-10-19(25)24-18-12-16(21)8-6-14(18)2/h6-9,12H,3-5,10-11H2,1-2H3,(H,24,25). The third kappa shape index (κ3) is 6.05. The maximum atomic E-state index is 12.2. The number of hydrogen-bond donors (Lipinski definition) is 1. The second kappa shape index (κ2) is 10.2. The molecule has 0 bridgehead atoms. The predicted octanol–water partition coefficient (Wildman–Crippen LogP) is 5.38. The van der Waals surface area contributed by atoms with Crippen molar-refractivity contribution in [2.24, 2.45) is 0 Å². The number of nitrogens with zero attached hydrogens (tertiary/aromatic N) is 2. The average Bonchev–Trinajstić information content (AvgIpc) is 2.63. The molecule has 1 amide bonds. The molecule has 2 aromatic rings. The van der Waals surface area contributed by atoms with Crippen LogP contribution in [0, 0.1) is 18.3 Å². The van der Waals surface area contributed by atoms with Gasteiger partial charge in [-0.3, -0.25) is 4.79 Å². The number of anilines is 1. The first-order valence-electron chi connectivity index (χ1n) is 8.62. The van der Waals surface area contributed by atoms with Gasteiger partial charge >= 0.3 is 0 Å². The molecule has 0 aliphatic rings. The number of hydrogen-bond acceptors (Lipinski definition) is 4. The number of aromatic nitrogens is 1. The minimum absolute atomic E-state index is 0.0801. The molecule has 136 valence electrons. The number of carbonyl (C=O) groups excluding carboxylic acids is 1. The molecule has 0 fully saturated rings. The lowest BCUT2D eigenvalue weighted by Gasteiger charge is -2.09. The zero-order chi connectivity index (χ0) is 18.9. The Bertz CT molecular complexity index is 817. The van der Waals surface area contributed by atoms with E-state index >= 15 is 0 Å². The zero-order valence-electron chi connectivity index (χ0n) is 15.0. The molecule has 0 radical (unpaired) electrons. The number of amides is 1. The first kappa shape index (κ1) is 20.3. The number of unbranched alkanes of at least 4 members (excludes halogenated alkanes) is 1. The highest BCUT2D eigenvalue weighted by Gasteiger charge is 2.09. The zero-order valence-corrected chi connectivity index (χ0v) is 16.6. The van der Waals surface area contributed by atoms with Gasteiger partial charge in [0, 0.05) is 28.6 Å². The molecule has 26 heavy (non-hydrogen) atoms. The summed E-state index contributed by atoms with van der Waals surface area (Å²) in [7, 11) is 0. The van der Waals surface area contributed by atoms with Gasteiger partial charge in [-0.05, 0) is 49.6 Å². The summed E-state index contributed by atoms with van der Waals surface area (Å²) < 4.78 is 0. The van der Waals surface area contributed by atoms with Crippen molar-refractivity contribution >= 4 is 35.0 Å². The number of halogens is 1. The summed E-state index contributed by atoms with van der Waals surface area (Å²) in [5.74, 6) is 0.480. The summed E-state index contributed by atoms with van der Waals surface area (Å²) in [6.45, 7) is 4.06. The minimum Gasteiger partial charge on any atom is -0.326 e. The lowest BCUT2D eigenvalue weighted by atomic mass is 10.2. The highest BCUT2D eigenvalue weighted by Crippen LogP contribution is 2.23. The molecule has 1 aromatic heterocycles. The Labute approximate surface area is 164 Å². The van der Waals surface area contributed by atoms with Crippen LogP contribution in [0.2, 0.25) is 5.02 Å². The normalized spacial score (nSPS) is 10.4. The SMILES string of the molecule is CCCCc1ccc(C#N)c(SCCC(=O)Nc2cc(Cl)ccc2C)n1. The lowest BCUT2D eigenvalue weighted by molar-refractivity contribution is -0.115. The van der Waals surface area contributed by atoms with Gasteiger partial charge in [0.05, 0.1) is 5.56 Å². The van der Waals surface area contributed by atoms with Crippen molar-refractivity contribution in [3.05, 3.63) is 52.2 Å². The van der Waals surface area contributed by atoms with E-state index in [9.17, 15) is 10.1 Å². The summed E-state index contributed by atoms with van der Waals surface area (Å²) in [4.78, 5) is 16.8. The third-order valence-corrected chi connectivity index (χ3v) is 5.09. The molecule has 0 aliphatic heterocycles. The highest BCUT2D eigenvalue weighted by molar-refractivity contribution is 7.99. The van der Waals surface area contributed by atoms with Gasteiger partial charge in [-0.2, -0.15) is 5.26 Å². The van der Waals surface area contributed by atoms with Crippen molar-refractivity contribution in [2.45, 2.75) is 44.6 Å². The Morgan fingerprint density at radius 1 is 1.35 bits per heavy atom. The Hall–Kier alpha value is -2.03. The van der Waals surface area contributed by atoms with Crippen molar-refractivity contribution in [1.82, 2.24) is 4.98 Å². The van der Waals surface area contributed by atoms with Crippen LogP contribution in [0.1, 0.15) is 43.0 Å². The summed E-state index contributed by atoms with van der Waals surface area (Å²) >= 11 is 7.42. The molecule has 0 spiro atoms. The van der Waals surface area contributed by atoms with E-state index in [1.54, 1.807) is 12.1 Å². The van der Waals surface area contributed by atoms with E-state index < -0.39 is 0 Å². The summed E-state index contributed by atoms with van der Waals surface area (Å²) in [6.07, 6.45) is 3.42. The van der Waals surface area contributed by atoms with Gasteiger partial charge in [0.1, 0.15) is 11.1 Å². The highest BCUT2D eigenvalue weighted by atomic mass is 35.5. The largest absolute Gasteiger partial charge is 0.326 e. The summed E-state index contributed by atoms with van der Waals surface area (Å²) in [5.41, 5.74) is 3.24. The summed E-state index contributed by atoms with van der Waals surface area (Å²) in [6, 6.07) is 11.3. The van der Waals surface area contributed by atoms with Gasteiger partial charge in [0.15, 0.2) is 0 Å². The molecule has 0 aliphatic carbocycles. The number of pyridine rings is 1.